The van der Waals surface area contributed by atoms with Gasteiger partial charge in [0, 0.05) is 11.4 Å². The minimum absolute atomic E-state index is 0.190. The Labute approximate surface area is 287 Å². The first-order valence-corrected chi connectivity index (χ1v) is 17.1. The molecule has 0 aliphatic heterocycles. The van der Waals surface area contributed by atoms with E-state index >= 15 is 0 Å². The molecule has 0 radical (unpaired) electrons. The second kappa shape index (κ2) is 12.4. The first-order chi connectivity index (χ1) is 24.3. The Kier molecular flexibility index (Phi) is 7.37. The smallest absolute Gasteiger partial charge is 0.0560 e. The summed E-state index contributed by atoms with van der Waals surface area (Å²) in [6, 6.07) is 64.2. The summed E-state index contributed by atoms with van der Waals surface area (Å²) >= 11 is 0. The Morgan fingerprint density at radius 1 is 0.408 bits per heavy atom. The minimum atomic E-state index is 0.190. The minimum Gasteiger partial charge on any atom is -0.334 e. The van der Waals surface area contributed by atoms with Crippen molar-refractivity contribution in [3.8, 4) is 22.3 Å². The third kappa shape index (κ3) is 5.40. The van der Waals surface area contributed by atoms with Gasteiger partial charge in [-0.05, 0) is 96.4 Å². The van der Waals surface area contributed by atoms with E-state index in [9.17, 15) is 0 Å². The lowest BCUT2D eigenvalue weighted by atomic mass is 9.91. The lowest BCUT2D eigenvalue weighted by molar-refractivity contribution is 0.787. The molecule has 1 aliphatic carbocycles. The molecule has 9 rings (SSSR count). The maximum absolute atomic E-state index is 2.48. The first kappa shape index (κ1) is 29.0. The van der Waals surface area contributed by atoms with Crippen molar-refractivity contribution >= 4 is 49.3 Å². The second-order valence-corrected chi connectivity index (χ2v) is 12.9. The maximum atomic E-state index is 2.48. The Hall–Kier alpha value is -6.18. The molecule has 0 saturated carbocycles. The van der Waals surface area contributed by atoms with Gasteiger partial charge in [0.25, 0.3) is 0 Å². The standard InChI is InChI=1S/C48H35N/c1-3-10-34(11-4-1)36-18-26-41(27-19-36)49(42-28-20-37(21-29-42)35-12-5-2-6-13-35)43-30-22-39(23-31-43)45-17-9-15-40-25-32-46-44-16-8-7-14-38(44)24-33-47(46)48(40)45/h1-28,30-33,42H,29H2. The number of nitrogens with zero attached hydrogens (tertiary/aromatic N) is 1. The number of rotatable bonds is 6. The summed E-state index contributed by atoms with van der Waals surface area (Å²) in [5.74, 6) is 0. The molecular weight excluding hydrogens is 591 g/mol. The quantitative estimate of drug-likeness (QED) is 0.166. The summed E-state index contributed by atoms with van der Waals surface area (Å²) in [5, 5.41) is 7.73. The molecule has 8 aromatic rings. The average Bonchev–Trinajstić information content (AvgIpc) is 3.19. The fraction of sp³-hybridized carbons (Fsp3) is 0.0417. The molecule has 0 N–H and O–H groups in total. The molecule has 0 aromatic heterocycles. The van der Waals surface area contributed by atoms with E-state index in [1.54, 1.807) is 0 Å². The van der Waals surface area contributed by atoms with Crippen LogP contribution < -0.4 is 4.90 Å². The Bertz CT molecular complexity index is 2490. The molecule has 0 bridgehead atoms. The fourth-order valence-electron chi connectivity index (χ4n) is 7.54. The van der Waals surface area contributed by atoms with E-state index in [0.29, 0.717) is 0 Å². The molecule has 0 amide bonds. The van der Waals surface area contributed by atoms with E-state index in [2.05, 4.69) is 199 Å². The molecule has 1 nitrogen and oxygen atoms in total. The highest BCUT2D eigenvalue weighted by molar-refractivity contribution is 6.20. The van der Waals surface area contributed by atoms with Gasteiger partial charge in [0.1, 0.15) is 0 Å². The van der Waals surface area contributed by atoms with Gasteiger partial charge in [-0.15, -0.1) is 0 Å². The largest absolute Gasteiger partial charge is 0.334 e. The lowest BCUT2D eigenvalue weighted by Crippen LogP contribution is -2.30. The van der Waals surface area contributed by atoms with E-state index in [1.807, 2.05) is 0 Å². The van der Waals surface area contributed by atoms with Gasteiger partial charge in [-0.2, -0.15) is 0 Å². The second-order valence-electron chi connectivity index (χ2n) is 12.9. The van der Waals surface area contributed by atoms with Gasteiger partial charge >= 0.3 is 0 Å². The van der Waals surface area contributed by atoms with Crippen LogP contribution in [0.3, 0.4) is 0 Å². The summed E-state index contributed by atoms with van der Waals surface area (Å²) in [5.41, 5.74) is 9.84. The highest BCUT2D eigenvalue weighted by Gasteiger charge is 2.21. The van der Waals surface area contributed by atoms with Crippen molar-refractivity contribution in [3.63, 3.8) is 0 Å². The van der Waals surface area contributed by atoms with Gasteiger partial charge in [-0.3, -0.25) is 0 Å². The molecule has 8 aromatic carbocycles. The molecule has 1 heteroatoms. The van der Waals surface area contributed by atoms with Crippen molar-refractivity contribution < 1.29 is 0 Å². The Morgan fingerprint density at radius 3 is 1.71 bits per heavy atom. The fourth-order valence-corrected chi connectivity index (χ4v) is 7.54. The summed E-state index contributed by atoms with van der Waals surface area (Å²) in [4.78, 5) is 2.48. The van der Waals surface area contributed by atoms with Crippen LogP contribution in [0.2, 0.25) is 0 Å². The molecule has 232 valence electrons. The monoisotopic (exact) mass is 625 g/mol. The summed E-state index contributed by atoms with van der Waals surface area (Å²) in [6.07, 6.45) is 7.95. The molecular formula is C48H35N. The van der Waals surface area contributed by atoms with Crippen molar-refractivity contribution in [1.82, 2.24) is 0 Å². The van der Waals surface area contributed by atoms with Crippen LogP contribution in [0.1, 0.15) is 12.0 Å². The number of benzene rings is 8. The third-order valence-electron chi connectivity index (χ3n) is 9.99. The van der Waals surface area contributed by atoms with Gasteiger partial charge in [0.15, 0.2) is 0 Å². The van der Waals surface area contributed by atoms with Crippen LogP contribution >= 0.6 is 0 Å². The van der Waals surface area contributed by atoms with Crippen molar-refractivity contribution in [1.29, 1.82) is 0 Å². The van der Waals surface area contributed by atoms with E-state index in [0.717, 1.165) is 6.42 Å². The molecule has 0 heterocycles. The van der Waals surface area contributed by atoms with Gasteiger partial charge in [0.2, 0.25) is 0 Å². The molecule has 0 saturated heterocycles. The number of allylic oxidation sites excluding steroid dienone is 2. The van der Waals surface area contributed by atoms with Gasteiger partial charge in [-0.1, -0.05) is 170 Å². The van der Waals surface area contributed by atoms with E-state index in [-0.39, 0.29) is 6.04 Å². The highest BCUT2D eigenvalue weighted by atomic mass is 15.2. The first-order valence-electron chi connectivity index (χ1n) is 17.1. The summed E-state index contributed by atoms with van der Waals surface area (Å²) in [7, 11) is 0. The van der Waals surface area contributed by atoms with Crippen LogP contribution in [-0.4, -0.2) is 6.04 Å². The topological polar surface area (TPSA) is 3.24 Å². The predicted octanol–water partition coefficient (Wildman–Crippen LogP) is 13.0. The van der Waals surface area contributed by atoms with Crippen LogP contribution in [-0.2, 0) is 0 Å². The van der Waals surface area contributed by atoms with Crippen molar-refractivity contribution in [2.45, 2.75) is 12.5 Å². The van der Waals surface area contributed by atoms with E-state index in [4.69, 9.17) is 0 Å². The van der Waals surface area contributed by atoms with Crippen LogP contribution in [0, 0.1) is 0 Å². The van der Waals surface area contributed by atoms with Gasteiger partial charge in [-0.25, -0.2) is 0 Å². The predicted molar refractivity (Wildman–Crippen MR) is 210 cm³/mol. The zero-order valence-electron chi connectivity index (χ0n) is 27.2. The van der Waals surface area contributed by atoms with Crippen molar-refractivity contribution in [2.75, 3.05) is 4.90 Å². The highest BCUT2D eigenvalue weighted by Crippen LogP contribution is 2.39. The van der Waals surface area contributed by atoms with Crippen LogP contribution in [0.5, 0.6) is 0 Å². The zero-order valence-corrected chi connectivity index (χ0v) is 27.2. The molecule has 1 atom stereocenters. The van der Waals surface area contributed by atoms with Gasteiger partial charge < -0.3 is 4.90 Å². The van der Waals surface area contributed by atoms with Crippen LogP contribution in [0.25, 0.3) is 60.1 Å². The average molecular weight is 626 g/mol. The number of fused-ring (bicyclic) bond motifs is 5. The molecule has 49 heavy (non-hydrogen) atoms. The zero-order chi connectivity index (χ0) is 32.6. The Balaban J connectivity index is 1.11. The molecule has 0 fully saturated rings. The molecule has 1 aliphatic rings. The summed E-state index contributed by atoms with van der Waals surface area (Å²) in [6.45, 7) is 0. The number of hydrogen-bond donors (Lipinski definition) is 0. The van der Waals surface area contributed by atoms with E-state index < -0.39 is 0 Å². The van der Waals surface area contributed by atoms with Crippen LogP contribution in [0.4, 0.5) is 11.4 Å². The van der Waals surface area contributed by atoms with Crippen molar-refractivity contribution in [2.24, 2.45) is 0 Å². The SMILES string of the molecule is C1=CC(N(c2ccc(-c3ccccc3)cc2)c2ccc(-c3cccc4ccc5c6ccccc6ccc5c34)cc2)CC=C1c1ccccc1. The van der Waals surface area contributed by atoms with Crippen LogP contribution in [0.15, 0.2) is 194 Å². The summed E-state index contributed by atoms with van der Waals surface area (Å²) < 4.78 is 0. The number of anilines is 2. The van der Waals surface area contributed by atoms with Crippen molar-refractivity contribution in [3.05, 3.63) is 200 Å². The molecule has 1 unspecified atom stereocenters. The third-order valence-corrected chi connectivity index (χ3v) is 9.99. The maximum Gasteiger partial charge on any atom is 0.0560 e. The van der Waals surface area contributed by atoms with E-state index in [1.165, 1.54) is 77.1 Å². The van der Waals surface area contributed by atoms with Gasteiger partial charge in [0.05, 0.1) is 6.04 Å². The Morgan fingerprint density at radius 2 is 1.00 bits per heavy atom. The molecule has 0 spiro atoms. The number of hydrogen-bond acceptors (Lipinski definition) is 1. The lowest BCUT2D eigenvalue weighted by Gasteiger charge is -2.33. The normalized spacial score (nSPS) is 14.3.